The van der Waals surface area contributed by atoms with Crippen molar-refractivity contribution in [1.82, 2.24) is 20.5 Å². The Morgan fingerprint density at radius 2 is 2.04 bits per heavy atom. The van der Waals surface area contributed by atoms with Gasteiger partial charge >= 0.3 is 6.03 Å². The molecule has 0 aliphatic rings. The maximum Gasteiger partial charge on any atom is 0.315 e. The van der Waals surface area contributed by atoms with Crippen molar-refractivity contribution in [1.29, 1.82) is 0 Å². The second kappa shape index (κ2) is 8.65. The van der Waals surface area contributed by atoms with Crippen molar-refractivity contribution < 1.29 is 4.79 Å². The lowest BCUT2D eigenvalue weighted by molar-refractivity contribution is 0.232. The number of rotatable bonds is 7. The van der Waals surface area contributed by atoms with Crippen LogP contribution in [0.25, 0.3) is 0 Å². The van der Waals surface area contributed by atoms with Crippen molar-refractivity contribution in [3.8, 4) is 0 Å². The zero-order valence-electron chi connectivity index (χ0n) is 14.6. The van der Waals surface area contributed by atoms with Crippen LogP contribution < -0.4 is 15.5 Å². The number of pyridine rings is 1. The first kappa shape index (κ1) is 18.2. The van der Waals surface area contributed by atoms with E-state index in [0.29, 0.717) is 13.1 Å². The largest absolute Gasteiger partial charge is 0.363 e. The zero-order valence-corrected chi connectivity index (χ0v) is 15.4. The monoisotopic (exact) mass is 347 g/mol. The van der Waals surface area contributed by atoms with Gasteiger partial charge < -0.3 is 20.4 Å². The molecule has 0 spiro atoms. The first-order valence-corrected chi connectivity index (χ1v) is 8.74. The molecule has 2 rings (SSSR count). The van der Waals surface area contributed by atoms with E-state index in [1.165, 1.54) is 5.56 Å². The van der Waals surface area contributed by atoms with E-state index in [1.807, 2.05) is 45.2 Å². The summed E-state index contributed by atoms with van der Waals surface area (Å²) in [4.78, 5) is 20.4. The van der Waals surface area contributed by atoms with Gasteiger partial charge in [-0.15, -0.1) is 0 Å². The number of urea groups is 1. The molecular weight excluding hydrogens is 322 g/mol. The first-order chi connectivity index (χ1) is 11.5. The van der Waals surface area contributed by atoms with Crippen LogP contribution in [0.5, 0.6) is 0 Å². The maximum absolute atomic E-state index is 12.1. The molecule has 0 fully saturated rings. The number of hydrogen-bond donors (Lipinski definition) is 2. The van der Waals surface area contributed by atoms with Crippen molar-refractivity contribution in [3.05, 3.63) is 46.3 Å². The maximum atomic E-state index is 12.1. The van der Waals surface area contributed by atoms with Crippen LogP contribution in [0.2, 0.25) is 0 Å². The normalized spacial score (nSPS) is 12.0. The number of anilines is 1. The summed E-state index contributed by atoms with van der Waals surface area (Å²) < 4.78 is 0. The number of amides is 2. The van der Waals surface area contributed by atoms with Crippen molar-refractivity contribution in [2.24, 2.45) is 0 Å². The Bertz CT molecular complexity index is 642. The van der Waals surface area contributed by atoms with Gasteiger partial charge in [-0.25, -0.2) is 9.78 Å². The second-order valence-corrected chi connectivity index (χ2v) is 6.80. The van der Waals surface area contributed by atoms with Crippen molar-refractivity contribution in [2.75, 3.05) is 39.6 Å². The summed E-state index contributed by atoms with van der Waals surface area (Å²) in [6.45, 7) is 1.04. The minimum atomic E-state index is -0.166. The van der Waals surface area contributed by atoms with Crippen molar-refractivity contribution in [3.63, 3.8) is 0 Å². The van der Waals surface area contributed by atoms with Crippen LogP contribution in [0.3, 0.4) is 0 Å². The fraction of sp³-hybridized carbons (Fsp3) is 0.412. The molecule has 130 valence electrons. The van der Waals surface area contributed by atoms with E-state index in [1.54, 1.807) is 17.5 Å². The number of likely N-dealkylation sites (N-methyl/N-ethyl adjacent to an activating group) is 1. The number of thiophene rings is 1. The Morgan fingerprint density at radius 1 is 1.25 bits per heavy atom. The van der Waals surface area contributed by atoms with Crippen LogP contribution in [0.1, 0.15) is 17.2 Å². The molecule has 2 heterocycles. The quantitative estimate of drug-likeness (QED) is 0.807. The Labute approximate surface area is 147 Å². The number of carbonyl (C=O) groups is 1. The van der Waals surface area contributed by atoms with Gasteiger partial charge in [0.25, 0.3) is 0 Å². The van der Waals surface area contributed by atoms with Gasteiger partial charge in [-0.2, -0.15) is 11.3 Å². The first-order valence-electron chi connectivity index (χ1n) is 7.80. The molecule has 0 bridgehead atoms. The standard InChI is InChI=1S/C17H25N5OS/c1-21(2)15(14-6-8-24-12-14)11-20-17(23)19-10-13-5-7-18-16(9-13)22(3)4/h5-9,12,15H,10-11H2,1-4H3,(H2,19,20,23). The van der Waals surface area contributed by atoms with Crippen molar-refractivity contribution >= 4 is 23.2 Å². The smallest absolute Gasteiger partial charge is 0.315 e. The van der Waals surface area contributed by atoms with Gasteiger partial charge in [-0.1, -0.05) is 0 Å². The average molecular weight is 347 g/mol. The molecule has 7 heteroatoms. The summed E-state index contributed by atoms with van der Waals surface area (Å²) in [6.07, 6.45) is 1.75. The molecule has 6 nitrogen and oxygen atoms in total. The summed E-state index contributed by atoms with van der Waals surface area (Å²) in [5, 5.41) is 10.0. The van der Waals surface area contributed by atoms with Crippen LogP contribution in [0, 0.1) is 0 Å². The summed E-state index contributed by atoms with van der Waals surface area (Å²) in [7, 11) is 7.92. The zero-order chi connectivity index (χ0) is 17.5. The topological polar surface area (TPSA) is 60.5 Å². The molecule has 2 aromatic rings. The van der Waals surface area contributed by atoms with E-state index in [4.69, 9.17) is 0 Å². The fourth-order valence-corrected chi connectivity index (χ4v) is 3.02. The van der Waals surface area contributed by atoms with Gasteiger partial charge in [0.1, 0.15) is 5.82 Å². The molecule has 0 aliphatic carbocycles. The third kappa shape index (κ3) is 5.21. The molecule has 1 unspecified atom stereocenters. The third-order valence-electron chi connectivity index (χ3n) is 3.73. The highest BCUT2D eigenvalue weighted by Gasteiger charge is 2.15. The predicted octanol–water partition coefficient (Wildman–Crippen LogP) is 2.31. The van der Waals surface area contributed by atoms with Crippen molar-refractivity contribution in [2.45, 2.75) is 12.6 Å². The summed E-state index contributed by atoms with van der Waals surface area (Å²) in [6, 6.07) is 5.97. The highest BCUT2D eigenvalue weighted by molar-refractivity contribution is 7.07. The second-order valence-electron chi connectivity index (χ2n) is 6.02. The number of aromatic nitrogens is 1. The van der Waals surface area contributed by atoms with Gasteiger partial charge in [0.05, 0.1) is 6.04 Å². The van der Waals surface area contributed by atoms with Crippen LogP contribution in [0.4, 0.5) is 10.6 Å². The Kier molecular flexibility index (Phi) is 6.57. The molecule has 1 atom stereocenters. The molecule has 2 N–H and O–H groups in total. The molecule has 0 saturated heterocycles. The lowest BCUT2D eigenvalue weighted by Crippen LogP contribution is -2.40. The molecule has 2 amide bonds. The Morgan fingerprint density at radius 3 is 2.67 bits per heavy atom. The number of carbonyl (C=O) groups excluding carboxylic acids is 1. The van der Waals surface area contributed by atoms with E-state index < -0.39 is 0 Å². The van der Waals surface area contributed by atoms with Gasteiger partial charge in [0.2, 0.25) is 0 Å². The van der Waals surface area contributed by atoms with Crippen LogP contribution in [0.15, 0.2) is 35.2 Å². The van der Waals surface area contributed by atoms with E-state index in [2.05, 4.69) is 37.3 Å². The van der Waals surface area contributed by atoms with Gasteiger partial charge in [0, 0.05) is 33.4 Å². The summed E-state index contributed by atoms with van der Waals surface area (Å²) in [5.74, 6) is 0.875. The van der Waals surface area contributed by atoms with Crippen LogP contribution >= 0.6 is 11.3 Å². The average Bonchev–Trinajstić information content (AvgIpc) is 3.07. The molecular formula is C17H25N5OS. The van der Waals surface area contributed by atoms with Gasteiger partial charge in [-0.05, 0) is 54.2 Å². The molecule has 0 radical (unpaired) electrons. The van der Waals surface area contributed by atoms with Gasteiger partial charge in [-0.3, -0.25) is 0 Å². The van der Waals surface area contributed by atoms with Crippen LogP contribution in [-0.4, -0.2) is 50.7 Å². The lowest BCUT2D eigenvalue weighted by Gasteiger charge is -2.24. The fourth-order valence-electron chi connectivity index (χ4n) is 2.31. The van der Waals surface area contributed by atoms with E-state index in [9.17, 15) is 4.79 Å². The van der Waals surface area contributed by atoms with Crippen LogP contribution in [-0.2, 0) is 6.54 Å². The Balaban J connectivity index is 1.84. The third-order valence-corrected chi connectivity index (χ3v) is 4.43. The van der Waals surface area contributed by atoms with Gasteiger partial charge in [0.15, 0.2) is 0 Å². The summed E-state index contributed by atoms with van der Waals surface area (Å²) in [5.41, 5.74) is 2.24. The molecule has 24 heavy (non-hydrogen) atoms. The molecule has 2 aromatic heterocycles. The number of nitrogens with one attached hydrogen (secondary N) is 2. The summed E-state index contributed by atoms with van der Waals surface area (Å²) >= 11 is 1.67. The molecule has 0 aromatic carbocycles. The van der Waals surface area contributed by atoms with E-state index >= 15 is 0 Å². The highest BCUT2D eigenvalue weighted by Crippen LogP contribution is 2.19. The molecule has 0 aliphatic heterocycles. The van der Waals surface area contributed by atoms with E-state index in [-0.39, 0.29) is 12.1 Å². The van der Waals surface area contributed by atoms with E-state index in [0.717, 1.165) is 11.4 Å². The number of hydrogen-bond acceptors (Lipinski definition) is 5. The SMILES string of the molecule is CN(C)c1cc(CNC(=O)NCC(c2ccsc2)N(C)C)ccn1. The molecule has 0 saturated carbocycles. The predicted molar refractivity (Wildman–Crippen MR) is 99.5 cm³/mol. The Hall–Kier alpha value is -2.12. The minimum absolute atomic E-state index is 0.166. The number of nitrogens with zero attached hydrogens (tertiary/aromatic N) is 3. The lowest BCUT2D eigenvalue weighted by atomic mass is 10.1. The highest BCUT2D eigenvalue weighted by atomic mass is 32.1. The minimum Gasteiger partial charge on any atom is -0.363 e.